The molecule has 38 heavy (non-hydrogen) atoms. The van der Waals surface area contributed by atoms with Gasteiger partial charge in [-0.15, -0.1) is 0 Å². The number of fused-ring (bicyclic) bond motifs is 1. The summed E-state index contributed by atoms with van der Waals surface area (Å²) in [6.45, 7) is 10.1. The number of rotatable bonds is 5. The van der Waals surface area contributed by atoms with Crippen molar-refractivity contribution < 1.29 is 17.9 Å². The summed E-state index contributed by atoms with van der Waals surface area (Å²) in [5, 5.41) is 0. The molecule has 5 rings (SSSR count). The number of ether oxygens (including phenoxy) is 1. The van der Waals surface area contributed by atoms with Gasteiger partial charge in [-0.05, 0) is 49.1 Å². The summed E-state index contributed by atoms with van der Waals surface area (Å²) in [7, 11) is -2.19. The summed E-state index contributed by atoms with van der Waals surface area (Å²) in [5.74, 6) is 1.54. The lowest BCUT2D eigenvalue weighted by molar-refractivity contribution is 0.0611. The van der Waals surface area contributed by atoms with Crippen molar-refractivity contribution in [2.45, 2.75) is 45.6 Å². The zero-order valence-electron chi connectivity index (χ0n) is 22.7. The molecule has 1 amide bonds. The highest BCUT2D eigenvalue weighted by atomic mass is 32.2. The molecule has 0 spiro atoms. The van der Waals surface area contributed by atoms with Crippen molar-refractivity contribution >= 4 is 33.0 Å². The van der Waals surface area contributed by atoms with Crippen LogP contribution in [0, 0.1) is 5.92 Å². The van der Waals surface area contributed by atoms with Crippen LogP contribution in [0.15, 0.2) is 42.7 Å². The topological polar surface area (TPSA) is 92.9 Å². The quantitative estimate of drug-likeness (QED) is 0.492. The lowest BCUT2D eigenvalue weighted by atomic mass is 9.94. The molecular formula is C27H38N6O4S. The highest BCUT2D eigenvalue weighted by Gasteiger charge is 2.33. The predicted octanol–water partition coefficient (Wildman–Crippen LogP) is 3.53. The predicted molar refractivity (Wildman–Crippen MR) is 148 cm³/mol. The Morgan fingerprint density at radius 2 is 1.74 bits per heavy atom. The standard InChI is InChI=1S/C27H38N6O4S/c1-27(2,3)25-28-23-19-22(7-8-24(23)33(25)20-21-9-17-37-18-10-21)29(4)38(35,36)32-15-13-31(14-16-32)26(34)30-11-5-6-12-30/h5-8,11-12,19,21H,9-10,13-18,20H2,1-4H3. The number of carbonyl (C=O) groups is 1. The van der Waals surface area contributed by atoms with Crippen LogP contribution in [0.4, 0.5) is 10.5 Å². The van der Waals surface area contributed by atoms with Crippen molar-refractivity contribution in [1.82, 2.24) is 23.3 Å². The van der Waals surface area contributed by atoms with E-state index in [4.69, 9.17) is 9.72 Å². The average Bonchev–Trinajstić information content (AvgIpc) is 3.57. The van der Waals surface area contributed by atoms with Crippen molar-refractivity contribution in [3.8, 4) is 0 Å². The molecule has 0 saturated carbocycles. The van der Waals surface area contributed by atoms with E-state index in [-0.39, 0.29) is 24.5 Å². The Bertz CT molecular complexity index is 1380. The van der Waals surface area contributed by atoms with E-state index in [1.54, 1.807) is 36.5 Å². The number of aromatic nitrogens is 3. The molecule has 11 heteroatoms. The average molecular weight is 543 g/mol. The number of anilines is 1. The number of piperazine rings is 1. The second-order valence-electron chi connectivity index (χ2n) is 11.3. The minimum Gasteiger partial charge on any atom is -0.381 e. The summed E-state index contributed by atoms with van der Waals surface area (Å²) < 4.78 is 39.2. The monoisotopic (exact) mass is 542 g/mol. The van der Waals surface area contributed by atoms with E-state index in [2.05, 4.69) is 25.3 Å². The van der Waals surface area contributed by atoms with Crippen LogP contribution in [-0.4, -0.2) is 84.2 Å². The van der Waals surface area contributed by atoms with Crippen molar-refractivity contribution in [3.63, 3.8) is 0 Å². The van der Waals surface area contributed by atoms with Gasteiger partial charge in [0.1, 0.15) is 5.82 Å². The van der Waals surface area contributed by atoms with E-state index in [9.17, 15) is 13.2 Å². The highest BCUT2D eigenvalue weighted by Crippen LogP contribution is 2.32. The van der Waals surface area contributed by atoms with Crippen molar-refractivity contribution in [2.75, 3.05) is 50.7 Å². The van der Waals surface area contributed by atoms with Crippen LogP contribution >= 0.6 is 0 Å². The first-order chi connectivity index (χ1) is 18.1. The third-order valence-electron chi connectivity index (χ3n) is 7.55. The van der Waals surface area contributed by atoms with Gasteiger partial charge in [-0.25, -0.2) is 9.78 Å². The summed E-state index contributed by atoms with van der Waals surface area (Å²) in [6, 6.07) is 9.17. The smallest absolute Gasteiger partial charge is 0.328 e. The van der Waals surface area contributed by atoms with Gasteiger partial charge in [-0.2, -0.15) is 12.7 Å². The molecule has 2 aliphatic rings. The van der Waals surface area contributed by atoms with Gasteiger partial charge in [0.2, 0.25) is 0 Å². The van der Waals surface area contributed by atoms with Gasteiger partial charge in [-0.3, -0.25) is 8.87 Å². The number of imidazole rings is 1. The third-order valence-corrected chi connectivity index (χ3v) is 9.48. The number of nitrogens with zero attached hydrogens (tertiary/aromatic N) is 6. The zero-order valence-corrected chi connectivity index (χ0v) is 23.5. The highest BCUT2D eigenvalue weighted by molar-refractivity contribution is 7.90. The maximum Gasteiger partial charge on any atom is 0.328 e. The fourth-order valence-electron chi connectivity index (χ4n) is 5.30. The van der Waals surface area contributed by atoms with E-state index in [1.807, 2.05) is 18.2 Å². The van der Waals surface area contributed by atoms with E-state index in [0.29, 0.717) is 24.7 Å². The van der Waals surface area contributed by atoms with Crippen molar-refractivity contribution in [3.05, 3.63) is 48.5 Å². The summed E-state index contributed by atoms with van der Waals surface area (Å²) in [5.41, 5.74) is 2.23. The maximum atomic E-state index is 13.5. The van der Waals surface area contributed by atoms with Gasteiger partial charge in [0.25, 0.3) is 0 Å². The number of hydrogen-bond acceptors (Lipinski definition) is 5. The minimum absolute atomic E-state index is 0.142. The van der Waals surface area contributed by atoms with Crippen molar-refractivity contribution in [1.29, 1.82) is 0 Å². The van der Waals surface area contributed by atoms with Crippen LogP contribution in [0.3, 0.4) is 0 Å². The first kappa shape index (κ1) is 26.7. The summed E-state index contributed by atoms with van der Waals surface area (Å²) >= 11 is 0. The molecule has 0 radical (unpaired) electrons. The van der Waals surface area contributed by atoms with Gasteiger partial charge in [0.05, 0.1) is 16.7 Å². The van der Waals surface area contributed by atoms with E-state index < -0.39 is 10.2 Å². The maximum absolute atomic E-state index is 13.5. The largest absolute Gasteiger partial charge is 0.381 e. The fourth-order valence-corrected chi connectivity index (χ4v) is 6.65. The normalized spacial score (nSPS) is 18.3. The molecule has 0 unspecified atom stereocenters. The van der Waals surface area contributed by atoms with Crippen LogP contribution in [0.5, 0.6) is 0 Å². The van der Waals surface area contributed by atoms with Gasteiger partial charge < -0.3 is 14.2 Å². The molecule has 2 aromatic heterocycles. The Balaban J connectivity index is 1.35. The Labute approximate surface area is 225 Å². The molecule has 0 atom stereocenters. The Hall–Kier alpha value is -2.89. The van der Waals surface area contributed by atoms with Crippen LogP contribution in [0.2, 0.25) is 0 Å². The van der Waals surface area contributed by atoms with Crippen LogP contribution in [-0.2, 0) is 26.9 Å². The third kappa shape index (κ3) is 5.19. The van der Waals surface area contributed by atoms with Crippen LogP contribution in [0.1, 0.15) is 39.4 Å². The Morgan fingerprint density at radius 1 is 1.08 bits per heavy atom. The molecule has 2 saturated heterocycles. The molecule has 3 aromatic rings. The lowest BCUT2D eigenvalue weighted by Gasteiger charge is -2.36. The second-order valence-corrected chi connectivity index (χ2v) is 13.2. The van der Waals surface area contributed by atoms with E-state index >= 15 is 0 Å². The van der Waals surface area contributed by atoms with Crippen LogP contribution < -0.4 is 4.31 Å². The summed E-state index contributed by atoms with van der Waals surface area (Å²) in [6.07, 6.45) is 5.47. The lowest BCUT2D eigenvalue weighted by Crippen LogP contribution is -2.54. The number of benzene rings is 1. The molecule has 0 bridgehead atoms. The Kier molecular flexibility index (Phi) is 7.27. The number of amides is 1. The van der Waals surface area contributed by atoms with Crippen LogP contribution in [0.25, 0.3) is 11.0 Å². The molecule has 10 nitrogen and oxygen atoms in total. The first-order valence-corrected chi connectivity index (χ1v) is 14.7. The molecule has 2 aliphatic heterocycles. The first-order valence-electron chi connectivity index (χ1n) is 13.3. The minimum atomic E-state index is -3.77. The second kappa shape index (κ2) is 10.3. The Morgan fingerprint density at radius 3 is 2.37 bits per heavy atom. The van der Waals surface area contributed by atoms with Gasteiger partial charge >= 0.3 is 16.2 Å². The fraction of sp³-hybridized carbons (Fsp3) is 0.556. The molecule has 0 N–H and O–H groups in total. The SMILES string of the molecule is CN(c1ccc2c(c1)nc(C(C)(C)C)n2CC1CCOCC1)S(=O)(=O)N1CCN(C(=O)n2cccc2)CC1. The van der Waals surface area contributed by atoms with Gasteiger partial charge in [0, 0.05) is 70.8 Å². The molecule has 206 valence electrons. The summed E-state index contributed by atoms with van der Waals surface area (Å²) in [4.78, 5) is 19.3. The molecule has 0 aliphatic carbocycles. The number of carbonyl (C=O) groups excluding carboxylic acids is 1. The van der Waals surface area contributed by atoms with Crippen molar-refractivity contribution in [2.24, 2.45) is 5.92 Å². The number of hydrogen-bond donors (Lipinski definition) is 0. The molecule has 4 heterocycles. The molecule has 1 aromatic carbocycles. The van der Waals surface area contributed by atoms with E-state index in [1.165, 1.54) is 13.2 Å². The van der Waals surface area contributed by atoms with E-state index in [0.717, 1.165) is 49.5 Å². The van der Waals surface area contributed by atoms with Gasteiger partial charge in [-0.1, -0.05) is 20.8 Å². The van der Waals surface area contributed by atoms with Gasteiger partial charge in [0.15, 0.2) is 0 Å². The molecular weight excluding hydrogens is 504 g/mol. The zero-order chi connectivity index (χ0) is 27.1. The molecule has 2 fully saturated rings.